The van der Waals surface area contributed by atoms with Crippen LogP contribution < -0.4 is 4.74 Å². The van der Waals surface area contributed by atoms with Crippen LogP contribution in [0.3, 0.4) is 0 Å². The van der Waals surface area contributed by atoms with Crippen molar-refractivity contribution < 1.29 is 14.6 Å². The lowest BCUT2D eigenvalue weighted by Gasteiger charge is -2.08. The molecule has 0 aliphatic heterocycles. The van der Waals surface area contributed by atoms with E-state index >= 15 is 0 Å². The number of benzene rings is 3. The average molecular weight is 450 g/mol. The third kappa shape index (κ3) is 4.58. The molecule has 2 aromatic heterocycles. The van der Waals surface area contributed by atoms with Gasteiger partial charge in [0.2, 0.25) is 0 Å². The lowest BCUT2D eigenvalue weighted by atomic mass is 10.0. The van der Waals surface area contributed by atoms with E-state index in [1.165, 1.54) is 0 Å². The molecule has 0 saturated heterocycles. The molecule has 0 aliphatic carbocycles. The van der Waals surface area contributed by atoms with Crippen LogP contribution in [0.4, 0.5) is 0 Å². The van der Waals surface area contributed by atoms with Crippen molar-refractivity contribution in [1.82, 2.24) is 14.4 Å². The number of para-hydroxylation sites is 1. The lowest BCUT2D eigenvalue weighted by Crippen LogP contribution is -2.00. The van der Waals surface area contributed by atoms with Gasteiger partial charge in [-0.05, 0) is 42.8 Å². The molecule has 0 bridgehead atoms. The van der Waals surface area contributed by atoms with Gasteiger partial charge in [0.05, 0.1) is 23.8 Å². The fraction of sp³-hybridized carbons (Fsp3) is 0.107. The van der Waals surface area contributed by atoms with Gasteiger partial charge in [-0.1, -0.05) is 42.5 Å². The van der Waals surface area contributed by atoms with Gasteiger partial charge in [0, 0.05) is 35.9 Å². The topological polar surface area (TPSA) is 76.7 Å². The molecule has 0 spiro atoms. The summed E-state index contributed by atoms with van der Waals surface area (Å²) >= 11 is 0. The van der Waals surface area contributed by atoms with Crippen LogP contribution in [0.1, 0.15) is 23.2 Å². The first-order valence-corrected chi connectivity index (χ1v) is 11.1. The number of carbonyl (C=O) groups excluding carboxylic acids is 1. The Morgan fingerprint density at radius 2 is 1.53 bits per heavy atom. The Morgan fingerprint density at radius 1 is 0.824 bits per heavy atom. The SMILES string of the molecule is O=C(CCCO)c1ccc(-c2cn3c(-c4ccc(Oc5ccccc5)cc4)cnc3cn2)cc1. The van der Waals surface area contributed by atoms with Crippen molar-refractivity contribution in [3.05, 3.63) is 103 Å². The number of aliphatic hydroxyl groups is 1. The number of ether oxygens (including phenoxy) is 1. The zero-order valence-corrected chi connectivity index (χ0v) is 18.5. The fourth-order valence-corrected chi connectivity index (χ4v) is 3.78. The Hall–Kier alpha value is -4.29. The van der Waals surface area contributed by atoms with Crippen LogP contribution in [0.2, 0.25) is 0 Å². The monoisotopic (exact) mass is 449 g/mol. The predicted molar refractivity (Wildman–Crippen MR) is 131 cm³/mol. The molecule has 0 unspecified atom stereocenters. The highest BCUT2D eigenvalue weighted by atomic mass is 16.5. The van der Waals surface area contributed by atoms with Gasteiger partial charge in [-0.15, -0.1) is 0 Å². The maximum absolute atomic E-state index is 12.2. The van der Waals surface area contributed by atoms with E-state index < -0.39 is 0 Å². The molecular formula is C28H23N3O3. The van der Waals surface area contributed by atoms with Gasteiger partial charge in [-0.2, -0.15) is 0 Å². The highest BCUT2D eigenvalue weighted by Crippen LogP contribution is 2.27. The minimum absolute atomic E-state index is 0.0176. The Labute approximate surface area is 197 Å². The summed E-state index contributed by atoms with van der Waals surface area (Å²) in [6.45, 7) is 0.0176. The maximum Gasteiger partial charge on any atom is 0.162 e. The summed E-state index contributed by atoms with van der Waals surface area (Å²) in [5, 5.41) is 8.93. The van der Waals surface area contributed by atoms with Gasteiger partial charge in [0.15, 0.2) is 11.4 Å². The Balaban J connectivity index is 1.39. The average Bonchev–Trinajstić information content (AvgIpc) is 3.32. The first kappa shape index (κ1) is 21.6. The third-order valence-corrected chi connectivity index (χ3v) is 5.59. The van der Waals surface area contributed by atoms with Gasteiger partial charge < -0.3 is 9.84 Å². The third-order valence-electron chi connectivity index (χ3n) is 5.59. The Morgan fingerprint density at radius 3 is 2.26 bits per heavy atom. The number of aromatic nitrogens is 3. The van der Waals surface area contributed by atoms with Gasteiger partial charge in [-0.3, -0.25) is 14.2 Å². The molecule has 0 radical (unpaired) electrons. The Kier molecular flexibility index (Phi) is 6.14. The molecule has 3 aromatic carbocycles. The Bertz CT molecular complexity index is 1410. The van der Waals surface area contributed by atoms with E-state index in [1.54, 1.807) is 18.3 Å². The van der Waals surface area contributed by atoms with Crippen molar-refractivity contribution in [2.45, 2.75) is 12.8 Å². The van der Waals surface area contributed by atoms with Crippen LogP contribution in [0.25, 0.3) is 28.2 Å². The van der Waals surface area contributed by atoms with E-state index in [4.69, 9.17) is 9.84 Å². The molecule has 6 heteroatoms. The standard InChI is InChI=1S/C28H23N3O3/c32-16-4-7-27(33)22-10-8-20(9-11-22)25-19-31-26(17-30-28(31)18-29-25)21-12-14-24(15-13-21)34-23-5-2-1-3-6-23/h1-3,5-6,8-15,17-19,32H,4,7,16H2. The van der Waals surface area contributed by atoms with E-state index in [1.807, 2.05) is 83.5 Å². The number of rotatable bonds is 8. The first-order valence-electron chi connectivity index (χ1n) is 11.1. The molecule has 0 saturated carbocycles. The molecule has 5 aromatic rings. The normalized spacial score (nSPS) is 11.0. The van der Waals surface area contributed by atoms with Crippen LogP contribution >= 0.6 is 0 Å². The van der Waals surface area contributed by atoms with Crippen molar-refractivity contribution in [2.75, 3.05) is 6.61 Å². The largest absolute Gasteiger partial charge is 0.457 e. The van der Waals surface area contributed by atoms with Crippen LogP contribution in [0, 0.1) is 0 Å². The second-order valence-electron chi connectivity index (χ2n) is 7.91. The minimum Gasteiger partial charge on any atom is -0.457 e. The fourth-order valence-electron chi connectivity index (χ4n) is 3.78. The van der Waals surface area contributed by atoms with Crippen LogP contribution in [0.5, 0.6) is 11.5 Å². The summed E-state index contributed by atoms with van der Waals surface area (Å²) in [4.78, 5) is 21.2. The first-order chi connectivity index (χ1) is 16.7. The number of hydrogen-bond donors (Lipinski definition) is 1. The summed E-state index contributed by atoms with van der Waals surface area (Å²) in [5.41, 5.74) is 5.03. The molecule has 34 heavy (non-hydrogen) atoms. The zero-order valence-electron chi connectivity index (χ0n) is 18.5. The van der Waals surface area contributed by atoms with Gasteiger partial charge >= 0.3 is 0 Å². The molecule has 2 heterocycles. The van der Waals surface area contributed by atoms with Crippen molar-refractivity contribution in [3.63, 3.8) is 0 Å². The van der Waals surface area contributed by atoms with Crippen molar-refractivity contribution in [3.8, 4) is 34.0 Å². The highest BCUT2D eigenvalue weighted by Gasteiger charge is 2.10. The second-order valence-corrected chi connectivity index (χ2v) is 7.91. The molecule has 0 fully saturated rings. The molecule has 6 nitrogen and oxygen atoms in total. The maximum atomic E-state index is 12.2. The molecule has 5 rings (SSSR count). The van der Waals surface area contributed by atoms with E-state index in [9.17, 15) is 4.79 Å². The van der Waals surface area contributed by atoms with Crippen molar-refractivity contribution in [1.29, 1.82) is 0 Å². The zero-order chi connectivity index (χ0) is 23.3. The number of nitrogens with zero attached hydrogens (tertiary/aromatic N) is 3. The molecular weight excluding hydrogens is 426 g/mol. The summed E-state index contributed by atoms with van der Waals surface area (Å²) in [6.07, 6.45) is 6.34. The number of carbonyl (C=O) groups is 1. The smallest absolute Gasteiger partial charge is 0.162 e. The van der Waals surface area contributed by atoms with Crippen LogP contribution in [-0.2, 0) is 0 Å². The number of hydrogen-bond acceptors (Lipinski definition) is 5. The number of ketones is 1. The quantitative estimate of drug-likeness (QED) is 0.303. The summed E-state index contributed by atoms with van der Waals surface area (Å²) in [6, 6.07) is 25.0. The van der Waals surface area contributed by atoms with E-state index in [2.05, 4.69) is 9.97 Å². The summed E-state index contributed by atoms with van der Waals surface area (Å²) < 4.78 is 7.90. The molecule has 0 atom stereocenters. The second kappa shape index (κ2) is 9.68. The molecule has 0 aliphatic rings. The molecule has 0 amide bonds. The van der Waals surface area contributed by atoms with Crippen LogP contribution in [0.15, 0.2) is 97.5 Å². The number of imidazole rings is 1. The summed E-state index contributed by atoms with van der Waals surface area (Å²) in [7, 11) is 0. The molecule has 168 valence electrons. The highest BCUT2D eigenvalue weighted by molar-refractivity contribution is 5.96. The number of fused-ring (bicyclic) bond motifs is 1. The number of aliphatic hydroxyl groups excluding tert-OH is 1. The number of Topliss-reactive ketones (excluding diaryl/α,β-unsaturated/α-hetero) is 1. The van der Waals surface area contributed by atoms with Gasteiger partial charge in [0.25, 0.3) is 0 Å². The lowest BCUT2D eigenvalue weighted by molar-refractivity contribution is 0.0971. The van der Waals surface area contributed by atoms with Crippen molar-refractivity contribution >= 4 is 11.4 Å². The van der Waals surface area contributed by atoms with Crippen molar-refractivity contribution in [2.24, 2.45) is 0 Å². The van der Waals surface area contributed by atoms with E-state index in [-0.39, 0.29) is 12.4 Å². The minimum atomic E-state index is 0.0176. The van der Waals surface area contributed by atoms with Gasteiger partial charge in [-0.25, -0.2) is 4.98 Å². The molecule has 1 N–H and O–H groups in total. The predicted octanol–water partition coefficient (Wildman–Crippen LogP) is 5.81. The van der Waals surface area contributed by atoms with Gasteiger partial charge in [0.1, 0.15) is 11.5 Å². The van der Waals surface area contributed by atoms with E-state index in [0.29, 0.717) is 18.4 Å². The summed E-state index contributed by atoms with van der Waals surface area (Å²) in [5.74, 6) is 1.59. The van der Waals surface area contributed by atoms with E-state index in [0.717, 1.165) is 39.7 Å². The van der Waals surface area contributed by atoms with Crippen LogP contribution in [-0.4, -0.2) is 31.9 Å².